The molecule has 0 radical (unpaired) electrons. The van der Waals surface area contributed by atoms with Crippen LogP contribution < -0.4 is 0 Å². The Morgan fingerprint density at radius 1 is 0.720 bits per heavy atom. The zero-order valence-corrected chi connectivity index (χ0v) is 17.2. The first-order valence-electron chi connectivity index (χ1n) is 11.1. The largest absolute Gasteiger partial charge is 0.394 e. The van der Waals surface area contributed by atoms with Crippen LogP contribution in [0, 0.1) is 5.92 Å². The lowest BCUT2D eigenvalue weighted by molar-refractivity contribution is 0.00526. The maximum atomic E-state index is 9.13. The van der Waals surface area contributed by atoms with E-state index < -0.39 is 6.10 Å². The molecule has 0 aromatic heterocycles. The Morgan fingerprint density at radius 3 is 1.68 bits per heavy atom. The van der Waals surface area contributed by atoms with Gasteiger partial charge in [0.05, 0.1) is 13.2 Å². The van der Waals surface area contributed by atoms with E-state index in [0.29, 0.717) is 6.61 Å². The van der Waals surface area contributed by atoms with Crippen molar-refractivity contribution in [1.82, 2.24) is 0 Å². The van der Waals surface area contributed by atoms with Gasteiger partial charge in [0.2, 0.25) is 0 Å². The van der Waals surface area contributed by atoms with Gasteiger partial charge in [-0.25, -0.2) is 0 Å². The van der Waals surface area contributed by atoms with Crippen LogP contribution in [0.25, 0.3) is 0 Å². The van der Waals surface area contributed by atoms with Crippen molar-refractivity contribution in [3.05, 3.63) is 0 Å². The third kappa shape index (κ3) is 20.0. The Kier molecular flexibility index (Phi) is 20.1. The molecule has 0 bridgehead atoms. The maximum absolute atomic E-state index is 9.13. The van der Waals surface area contributed by atoms with Gasteiger partial charge < -0.3 is 14.9 Å². The second-order valence-corrected chi connectivity index (χ2v) is 7.84. The van der Waals surface area contributed by atoms with Crippen LogP contribution in [0.3, 0.4) is 0 Å². The Hall–Kier alpha value is -0.120. The number of hydrogen-bond donors (Lipinski definition) is 2. The molecule has 2 N–H and O–H groups in total. The van der Waals surface area contributed by atoms with Gasteiger partial charge >= 0.3 is 0 Å². The molecule has 0 unspecified atom stereocenters. The van der Waals surface area contributed by atoms with Gasteiger partial charge in [0, 0.05) is 6.61 Å². The molecule has 152 valence electrons. The van der Waals surface area contributed by atoms with E-state index >= 15 is 0 Å². The van der Waals surface area contributed by atoms with E-state index in [0.717, 1.165) is 12.3 Å². The predicted octanol–water partition coefficient (Wildman–Crippen LogP) is 5.86. The van der Waals surface area contributed by atoms with Crippen LogP contribution in [0.4, 0.5) is 0 Å². The molecule has 3 heteroatoms. The molecule has 3 nitrogen and oxygen atoms in total. The van der Waals surface area contributed by atoms with Crippen LogP contribution in [-0.2, 0) is 4.74 Å². The van der Waals surface area contributed by atoms with Gasteiger partial charge in [-0.1, -0.05) is 104 Å². The number of hydrogen-bond acceptors (Lipinski definition) is 3. The molecule has 0 aliphatic rings. The molecule has 0 heterocycles. The number of rotatable bonds is 20. The van der Waals surface area contributed by atoms with E-state index in [2.05, 4.69) is 13.8 Å². The summed E-state index contributed by atoms with van der Waals surface area (Å²) >= 11 is 0. The molecule has 0 saturated heterocycles. The van der Waals surface area contributed by atoms with Crippen molar-refractivity contribution in [2.24, 2.45) is 5.92 Å². The van der Waals surface area contributed by atoms with Gasteiger partial charge in [0.1, 0.15) is 6.10 Å². The number of ether oxygens (including phenoxy) is 1. The number of aliphatic hydroxyl groups excluding tert-OH is 2. The molecule has 0 aromatic carbocycles. The smallest absolute Gasteiger partial charge is 0.100 e. The van der Waals surface area contributed by atoms with Gasteiger partial charge in [-0.05, 0) is 12.3 Å². The first-order valence-corrected chi connectivity index (χ1v) is 11.1. The average molecular weight is 359 g/mol. The monoisotopic (exact) mass is 358 g/mol. The predicted molar refractivity (Wildman–Crippen MR) is 108 cm³/mol. The molecule has 0 fully saturated rings. The van der Waals surface area contributed by atoms with E-state index in [4.69, 9.17) is 14.9 Å². The molecular formula is C22H46O3. The first-order chi connectivity index (χ1) is 12.2. The molecule has 0 aliphatic heterocycles. The lowest BCUT2D eigenvalue weighted by atomic mass is 9.98. The van der Waals surface area contributed by atoms with Crippen molar-refractivity contribution < 1.29 is 14.9 Å². The topological polar surface area (TPSA) is 49.7 Å². The molecule has 0 rings (SSSR count). The van der Waals surface area contributed by atoms with Gasteiger partial charge in [-0.3, -0.25) is 0 Å². The highest BCUT2D eigenvalue weighted by molar-refractivity contribution is 4.54. The van der Waals surface area contributed by atoms with E-state index in [1.807, 2.05) is 0 Å². The Balaban J connectivity index is 3.05. The molecule has 0 aromatic rings. The summed E-state index contributed by atoms with van der Waals surface area (Å²) in [6, 6.07) is 0. The second-order valence-electron chi connectivity index (χ2n) is 7.84. The van der Waals surface area contributed by atoms with Crippen LogP contribution >= 0.6 is 0 Å². The van der Waals surface area contributed by atoms with E-state index in [1.165, 1.54) is 89.9 Å². The van der Waals surface area contributed by atoms with Gasteiger partial charge in [-0.2, -0.15) is 0 Å². The third-order valence-corrected chi connectivity index (χ3v) is 5.04. The molecule has 2 atom stereocenters. The minimum Gasteiger partial charge on any atom is -0.394 e. The fourth-order valence-electron chi connectivity index (χ4n) is 3.37. The molecule has 0 saturated carbocycles. The van der Waals surface area contributed by atoms with E-state index in [1.54, 1.807) is 0 Å². The molecular weight excluding hydrogens is 312 g/mol. The summed E-state index contributed by atoms with van der Waals surface area (Å²) in [5.41, 5.74) is 0. The second kappa shape index (κ2) is 20.2. The minimum atomic E-state index is -0.718. The zero-order valence-electron chi connectivity index (χ0n) is 17.2. The normalized spacial score (nSPS) is 13.9. The van der Waals surface area contributed by atoms with Gasteiger partial charge in [0.15, 0.2) is 0 Å². The Labute approximate surface area is 157 Å². The standard InChI is InChI=1S/C22H46O3/c1-3-16-21(2)17-14-12-10-8-6-4-5-7-9-11-13-15-18-25-20-22(24)19-23/h21-24H,3-20H2,1-2H3/t21-,22+/m0/s1. The van der Waals surface area contributed by atoms with Gasteiger partial charge in [-0.15, -0.1) is 0 Å². The quantitative estimate of drug-likeness (QED) is 0.268. The summed E-state index contributed by atoms with van der Waals surface area (Å²) in [6.45, 7) is 5.44. The fraction of sp³-hybridized carbons (Fsp3) is 1.00. The summed E-state index contributed by atoms with van der Waals surface area (Å²) in [5.74, 6) is 0.934. The minimum absolute atomic E-state index is 0.210. The van der Waals surface area contributed by atoms with Crippen molar-refractivity contribution in [3.8, 4) is 0 Å². The van der Waals surface area contributed by atoms with Crippen molar-refractivity contribution in [2.75, 3.05) is 19.8 Å². The van der Waals surface area contributed by atoms with Crippen molar-refractivity contribution >= 4 is 0 Å². The van der Waals surface area contributed by atoms with E-state index in [-0.39, 0.29) is 13.2 Å². The lowest BCUT2D eigenvalue weighted by Crippen LogP contribution is -2.19. The van der Waals surface area contributed by atoms with Crippen LogP contribution in [0.15, 0.2) is 0 Å². The first kappa shape index (κ1) is 24.9. The summed E-state index contributed by atoms with van der Waals surface area (Å²) in [6.07, 6.45) is 19.7. The highest BCUT2D eigenvalue weighted by Gasteiger charge is 2.01. The van der Waals surface area contributed by atoms with Crippen LogP contribution in [0.5, 0.6) is 0 Å². The molecule has 25 heavy (non-hydrogen) atoms. The lowest BCUT2D eigenvalue weighted by Gasteiger charge is -2.09. The van der Waals surface area contributed by atoms with Gasteiger partial charge in [0.25, 0.3) is 0 Å². The summed E-state index contributed by atoms with van der Waals surface area (Å²) < 4.78 is 5.30. The highest BCUT2D eigenvalue weighted by atomic mass is 16.5. The molecule has 0 amide bonds. The van der Waals surface area contributed by atoms with Crippen LogP contribution in [0.2, 0.25) is 0 Å². The summed E-state index contributed by atoms with van der Waals surface area (Å²) in [4.78, 5) is 0. The van der Waals surface area contributed by atoms with Crippen LogP contribution in [-0.4, -0.2) is 36.1 Å². The average Bonchev–Trinajstić information content (AvgIpc) is 2.61. The number of aliphatic hydroxyl groups is 2. The summed E-state index contributed by atoms with van der Waals surface area (Å²) in [7, 11) is 0. The van der Waals surface area contributed by atoms with Crippen LogP contribution in [0.1, 0.15) is 110 Å². The van der Waals surface area contributed by atoms with Crippen molar-refractivity contribution in [2.45, 2.75) is 116 Å². The van der Waals surface area contributed by atoms with Crippen molar-refractivity contribution in [3.63, 3.8) is 0 Å². The molecule has 0 spiro atoms. The molecule has 0 aliphatic carbocycles. The Bertz CT molecular complexity index is 245. The SMILES string of the molecule is CCC[C@H](C)CCCCCCCCCCCCCCOC[C@H](O)CO. The Morgan fingerprint density at radius 2 is 1.20 bits per heavy atom. The summed E-state index contributed by atoms with van der Waals surface area (Å²) in [5, 5.41) is 17.8. The maximum Gasteiger partial charge on any atom is 0.100 e. The third-order valence-electron chi connectivity index (χ3n) is 5.04. The highest BCUT2D eigenvalue weighted by Crippen LogP contribution is 2.16. The van der Waals surface area contributed by atoms with Crippen molar-refractivity contribution in [1.29, 1.82) is 0 Å². The zero-order chi connectivity index (χ0) is 18.6. The van der Waals surface area contributed by atoms with E-state index in [9.17, 15) is 0 Å². The number of unbranched alkanes of at least 4 members (excludes halogenated alkanes) is 11. The fourth-order valence-corrected chi connectivity index (χ4v) is 3.37.